The third kappa shape index (κ3) is 3.12. The minimum absolute atomic E-state index is 0.201. The van der Waals surface area contributed by atoms with Gasteiger partial charge >= 0.3 is 0 Å². The molecule has 0 bridgehead atoms. The molecule has 0 spiro atoms. The molecule has 7 nitrogen and oxygen atoms in total. The lowest BCUT2D eigenvalue weighted by molar-refractivity contribution is -0.129. The van der Waals surface area contributed by atoms with E-state index in [1.54, 1.807) is 30.3 Å². The van der Waals surface area contributed by atoms with Gasteiger partial charge in [-0.25, -0.2) is 0 Å². The van der Waals surface area contributed by atoms with Gasteiger partial charge < -0.3 is 15.1 Å². The van der Waals surface area contributed by atoms with Crippen molar-refractivity contribution in [1.82, 2.24) is 15.1 Å². The van der Waals surface area contributed by atoms with Gasteiger partial charge in [-0.3, -0.25) is 9.59 Å². The highest BCUT2D eigenvalue weighted by molar-refractivity contribution is 7.80. The van der Waals surface area contributed by atoms with E-state index >= 15 is 0 Å². The normalized spacial score (nSPS) is 21.6. The summed E-state index contributed by atoms with van der Waals surface area (Å²) < 4.78 is 0. The second-order valence-electron chi connectivity index (χ2n) is 7.05. The lowest BCUT2D eigenvalue weighted by Gasteiger charge is -2.37. The first-order valence-electron chi connectivity index (χ1n) is 8.91. The average Bonchev–Trinajstić information content (AvgIpc) is 2.95. The molecule has 2 saturated heterocycles. The summed E-state index contributed by atoms with van der Waals surface area (Å²) in [6, 6.07) is 8.43. The smallest absolute Gasteiger partial charge is 0.276 e. The molecule has 0 radical (unpaired) electrons. The molecule has 1 amide bonds. The maximum Gasteiger partial charge on any atom is 0.276 e. The van der Waals surface area contributed by atoms with Gasteiger partial charge in [0, 0.05) is 24.8 Å². The molecule has 1 unspecified atom stereocenters. The summed E-state index contributed by atoms with van der Waals surface area (Å²) in [4.78, 5) is 28.6. The van der Waals surface area contributed by atoms with Crippen LogP contribution in [0.15, 0.2) is 36.5 Å². The van der Waals surface area contributed by atoms with Gasteiger partial charge in [-0.2, -0.15) is 5.10 Å². The van der Waals surface area contributed by atoms with Crippen LogP contribution in [0.4, 0.5) is 11.4 Å². The summed E-state index contributed by atoms with van der Waals surface area (Å²) in [5, 5.41) is 11.3. The van der Waals surface area contributed by atoms with Crippen molar-refractivity contribution in [2.24, 2.45) is 0 Å². The quantitative estimate of drug-likeness (QED) is 0.772. The van der Waals surface area contributed by atoms with Crippen LogP contribution in [-0.2, 0) is 4.79 Å². The van der Waals surface area contributed by atoms with Crippen LogP contribution in [0, 0.1) is 0 Å². The Hall–Kier alpha value is -2.58. The van der Waals surface area contributed by atoms with Gasteiger partial charge in [-0.05, 0) is 55.9 Å². The summed E-state index contributed by atoms with van der Waals surface area (Å²) in [6.07, 6.45) is 2.88. The fourth-order valence-electron chi connectivity index (χ4n) is 3.68. The standard InChI is InChI=1S/C19H18ClN5O2S/c1-19-11-24(18(28)25(19)9-3-5-16(19)26)15-7-6-12(10-13(15)20)22-17(27)14-4-2-8-21-23-14/h2,4,6-8,10H,3,5,9,11H2,1H3,(H,22,27). The summed E-state index contributed by atoms with van der Waals surface area (Å²) in [5.74, 6) is -0.170. The van der Waals surface area contributed by atoms with Gasteiger partial charge in [0.25, 0.3) is 5.91 Å². The van der Waals surface area contributed by atoms with E-state index in [2.05, 4.69) is 15.5 Å². The molecule has 1 aromatic heterocycles. The van der Waals surface area contributed by atoms with Crippen LogP contribution in [0.1, 0.15) is 30.3 Å². The number of hydrogen-bond acceptors (Lipinski definition) is 5. The zero-order valence-electron chi connectivity index (χ0n) is 15.2. The number of ketones is 1. The molecule has 2 fully saturated rings. The van der Waals surface area contributed by atoms with Crippen LogP contribution in [-0.4, -0.2) is 50.5 Å². The van der Waals surface area contributed by atoms with Crippen LogP contribution in [0.5, 0.6) is 0 Å². The maximum absolute atomic E-state index is 12.5. The van der Waals surface area contributed by atoms with E-state index in [9.17, 15) is 9.59 Å². The van der Waals surface area contributed by atoms with E-state index in [1.165, 1.54) is 6.20 Å². The van der Waals surface area contributed by atoms with Gasteiger partial charge in [0.1, 0.15) is 5.54 Å². The molecule has 9 heteroatoms. The molecule has 1 aromatic carbocycles. The molecule has 1 N–H and O–H groups in total. The van der Waals surface area contributed by atoms with Gasteiger partial charge in [0.15, 0.2) is 16.6 Å². The number of amides is 1. The van der Waals surface area contributed by atoms with Crippen LogP contribution in [0.25, 0.3) is 0 Å². The molecule has 2 aliphatic heterocycles. The van der Waals surface area contributed by atoms with E-state index in [1.807, 2.05) is 16.7 Å². The SMILES string of the molecule is CC12CN(c3ccc(NC(=O)c4cccnn4)cc3Cl)C(=S)N1CCCC2=O. The van der Waals surface area contributed by atoms with E-state index in [4.69, 9.17) is 23.8 Å². The van der Waals surface area contributed by atoms with E-state index in [0.717, 1.165) is 13.0 Å². The Balaban J connectivity index is 1.56. The number of nitrogens with zero attached hydrogens (tertiary/aromatic N) is 4. The van der Waals surface area contributed by atoms with Crippen molar-refractivity contribution in [3.63, 3.8) is 0 Å². The Morgan fingerprint density at radius 1 is 1.36 bits per heavy atom. The van der Waals surface area contributed by atoms with E-state index in [-0.39, 0.29) is 17.4 Å². The summed E-state index contributed by atoms with van der Waals surface area (Å²) >= 11 is 12.1. The van der Waals surface area contributed by atoms with Crippen molar-refractivity contribution in [1.29, 1.82) is 0 Å². The van der Waals surface area contributed by atoms with Crippen LogP contribution in [0.2, 0.25) is 5.02 Å². The van der Waals surface area contributed by atoms with E-state index < -0.39 is 5.54 Å². The Morgan fingerprint density at radius 3 is 2.86 bits per heavy atom. The molecular weight excluding hydrogens is 398 g/mol. The number of carbonyl (C=O) groups is 2. The summed E-state index contributed by atoms with van der Waals surface area (Å²) in [7, 11) is 0. The third-order valence-electron chi connectivity index (χ3n) is 5.21. The Kier molecular flexibility index (Phi) is 4.76. The largest absolute Gasteiger partial charge is 0.335 e. The lowest BCUT2D eigenvalue weighted by atomic mass is 9.88. The number of hydrogen-bond donors (Lipinski definition) is 1. The van der Waals surface area contributed by atoms with Crippen molar-refractivity contribution >= 4 is 52.0 Å². The molecule has 1 atom stereocenters. The first-order valence-corrected chi connectivity index (χ1v) is 9.70. The van der Waals surface area contributed by atoms with Gasteiger partial charge in [-0.1, -0.05) is 11.6 Å². The van der Waals surface area contributed by atoms with Crippen molar-refractivity contribution in [3.8, 4) is 0 Å². The summed E-state index contributed by atoms with van der Waals surface area (Å²) in [6.45, 7) is 3.17. The molecule has 28 heavy (non-hydrogen) atoms. The molecule has 4 rings (SSSR count). The van der Waals surface area contributed by atoms with Crippen molar-refractivity contribution in [3.05, 3.63) is 47.2 Å². The second kappa shape index (κ2) is 7.10. The Morgan fingerprint density at radius 2 is 2.18 bits per heavy atom. The zero-order valence-corrected chi connectivity index (χ0v) is 16.8. The molecule has 2 aliphatic rings. The highest BCUT2D eigenvalue weighted by Gasteiger charge is 2.51. The minimum Gasteiger partial charge on any atom is -0.335 e. The highest BCUT2D eigenvalue weighted by Crippen LogP contribution is 2.38. The fraction of sp³-hybridized carbons (Fsp3) is 0.316. The third-order valence-corrected chi connectivity index (χ3v) is 5.95. The van der Waals surface area contributed by atoms with Gasteiger partial charge in [-0.15, -0.1) is 5.10 Å². The van der Waals surface area contributed by atoms with Gasteiger partial charge in [0.2, 0.25) is 0 Å². The van der Waals surface area contributed by atoms with Gasteiger partial charge in [0.05, 0.1) is 17.3 Å². The number of rotatable bonds is 3. The number of Topliss-reactive ketones (excluding diaryl/α,β-unsaturated/α-hetero) is 1. The first kappa shape index (κ1) is 18.8. The molecular formula is C19H18ClN5O2S. The zero-order chi connectivity index (χ0) is 19.9. The number of anilines is 2. The number of thiocarbonyl (C=S) groups is 1. The minimum atomic E-state index is -0.614. The molecule has 2 aromatic rings. The van der Waals surface area contributed by atoms with E-state index in [0.29, 0.717) is 34.5 Å². The summed E-state index contributed by atoms with van der Waals surface area (Å²) in [5.41, 5.74) is 0.853. The maximum atomic E-state index is 12.5. The fourth-order valence-corrected chi connectivity index (χ4v) is 4.41. The van der Waals surface area contributed by atoms with Crippen LogP contribution >= 0.6 is 23.8 Å². The number of nitrogens with one attached hydrogen (secondary N) is 1. The first-order chi connectivity index (χ1) is 13.4. The van der Waals surface area contributed by atoms with Crippen molar-refractivity contribution in [2.75, 3.05) is 23.3 Å². The average molecular weight is 416 g/mol. The number of aromatic nitrogens is 2. The Bertz CT molecular complexity index is 970. The van der Waals surface area contributed by atoms with Crippen LogP contribution in [0.3, 0.4) is 0 Å². The highest BCUT2D eigenvalue weighted by atomic mass is 35.5. The molecule has 3 heterocycles. The monoisotopic (exact) mass is 415 g/mol. The predicted octanol–water partition coefficient (Wildman–Crippen LogP) is 2.91. The Labute approximate surface area is 172 Å². The lowest BCUT2D eigenvalue weighted by Crippen LogP contribution is -2.54. The van der Waals surface area contributed by atoms with Crippen molar-refractivity contribution < 1.29 is 9.59 Å². The number of halogens is 1. The number of benzene rings is 1. The number of fused-ring (bicyclic) bond motifs is 1. The molecule has 144 valence electrons. The molecule has 0 saturated carbocycles. The van der Waals surface area contributed by atoms with Crippen molar-refractivity contribution in [2.45, 2.75) is 25.3 Å². The topological polar surface area (TPSA) is 78.4 Å². The second-order valence-corrected chi connectivity index (χ2v) is 7.82. The number of piperidine rings is 1. The number of carbonyl (C=O) groups excluding carboxylic acids is 2. The predicted molar refractivity (Wildman–Crippen MR) is 111 cm³/mol. The molecule has 0 aliphatic carbocycles. The van der Waals surface area contributed by atoms with Crippen LogP contribution < -0.4 is 10.2 Å².